The van der Waals surface area contributed by atoms with Crippen molar-refractivity contribution in [3.63, 3.8) is 0 Å². The fourth-order valence-corrected chi connectivity index (χ4v) is 1.87. The molecule has 0 unspecified atom stereocenters. The number of anilines is 3. The molecule has 0 radical (unpaired) electrons. The van der Waals surface area contributed by atoms with Crippen molar-refractivity contribution in [3.8, 4) is 5.75 Å². The maximum Gasteiger partial charge on any atom is 0.159 e. The highest BCUT2D eigenvalue weighted by Gasteiger charge is 2.09. The van der Waals surface area contributed by atoms with E-state index in [2.05, 4.69) is 36.6 Å². The van der Waals surface area contributed by atoms with Crippen LogP contribution in [0.25, 0.3) is 0 Å². The van der Waals surface area contributed by atoms with Gasteiger partial charge in [-0.15, -0.1) is 0 Å². The highest BCUT2D eigenvalue weighted by molar-refractivity contribution is 9.10. The third-order valence-electron chi connectivity index (χ3n) is 2.30. The Morgan fingerprint density at radius 2 is 2.00 bits per heavy atom. The van der Waals surface area contributed by atoms with Gasteiger partial charge in [-0.2, -0.15) is 0 Å². The molecule has 1 aromatic heterocycles. The number of hydrazine groups is 1. The molecule has 0 aliphatic heterocycles. The molecule has 0 bridgehead atoms. The number of nitrogen functional groups attached to an aromatic ring is 1. The minimum atomic E-state index is -0.413. The van der Waals surface area contributed by atoms with Crippen LogP contribution in [0.4, 0.5) is 21.7 Å². The normalized spacial score (nSPS) is 10.1. The molecule has 0 atom stereocenters. The first-order chi connectivity index (χ1) is 9.13. The number of nitrogens with two attached hydrogens (primary N) is 1. The summed E-state index contributed by atoms with van der Waals surface area (Å²) in [6.45, 7) is 0. The fraction of sp³-hybridized carbons (Fsp3) is 0.0909. The molecule has 0 saturated heterocycles. The van der Waals surface area contributed by atoms with Gasteiger partial charge in [0.05, 0.1) is 7.11 Å². The molecule has 1 heterocycles. The van der Waals surface area contributed by atoms with E-state index in [1.807, 2.05) is 0 Å². The van der Waals surface area contributed by atoms with E-state index in [4.69, 9.17) is 10.6 Å². The van der Waals surface area contributed by atoms with Crippen LogP contribution in [-0.4, -0.2) is 17.1 Å². The Kier molecular flexibility index (Phi) is 4.13. The molecule has 0 aliphatic rings. The summed E-state index contributed by atoms with van der Waals surface area (Å²) >= 11 is 3.30. The van der Waals surface area contributed by atoms with Crippen molar-refractivity contribution in [1.29, 1.82) is 0 Å². The molecule has 0 aliphatic carbocycles. The lowest BCUT2D eigenvalue weighted by Crippen LogP contribution is -2.10. The summed E-state index contributed by atoms with van der Waals surface area (Å²) in [4.78, 5) is 7.96. The number of hydrogen-bond acceptors (Lipinski definition) is 6. The van der Waals surface area contributed by atoms with E-state index in [9.17, 15) is 4.39 Å². The largest absolute Gasteiger partial charge is 0.497 e. The van der Waals surface area contributed by atoms with Gasteiger partial charge < -0.3 is 15.5 Å². The molecule has 4 N–H and O–H groups in total. The number of ether oxygens (including phenoxy) is 1. The molecule has 19 heavy (non-hydrogen) atoms. The number of nitrogens with zero attached hydrogens (tertiary/aromatic N) is 2. The topological polar surface area (TPSA) is 85.1 Å². The molecular weight excluding hydrogens is 317 g/mol. The van der Waals surface area contributed by atoms with Crippen LogP contribution in [-0.2, 0) is 0 Å². The summed E-state index contributed by atoms with van der Waals surface area (Å²) in [7, 11) is 1.47. The van der Waals surface area contributed by atoms with Crippen molar-refractivity contribution in [1.82, 2.24) is 9.97 Å². The van der Waals surface area contributed by atoms with E-state index in [0.717, 1.165) is 0 Å². The van der Waals surface area contributed by atoms with E-state index in [0.29, 0.717) is 27.5 Å². The zero-order valence-corrected chi connectivity index (χ0v) is 11.5. The van der Waals surface area contributed by atoms with Gasteiger partial charge in [-0.3, -0.25) is 0 Å². The van der Waals surface area contributed by atoms with Gasteiger partial charge >= 0.3 is 0 Å². The summed E-state index contributed by atoms with van der Waals surface area (Å²) in [6, 6.07) is 4.26. The Morgan fingerprint density at radius 3 is 2.68 bits per heavy atom. The molecule has 100 valence electrons. The van der Waals surface area contributed by atoms with Crippen molar-refractivity contribution in [2.24, 2.45) is 5.84 Å². The Bertz CT molecular complexity index is 595. The maximum atomic E-state index is 13.4. The van der Waals surface area contributed by atoms with Crippen LogP contribution in [0.15, 0.2) is 29.0 Å². The second-order valence-corrected chi connectivity index (χ2v) is 4.33. The Balaban J connectivity index is 2.33. The van der Waals surface area contributed by atoms with Crippen LogP contribution in [0.2, 0.25) is 0 Å². The van der Waals surface area contributed by atoms with Gasteiger partial charge in [0, 0.05) is 17.8 Å². The Labute approximate surface area is 117 Å². The maximum absolute atomic E-state index is 13.4. The molecule has 2 rings (SSSR count). The lowest BCUT2D eigenvalue weighted by Gasteiger charge is -2.11. The second-order valence-electron chi connectivity index (χ2n) is 3.53. The van der Waals surface area contributed by atoms with Gasteiger partial charge in [0.15, 0.2) is 5.82 Å². The first-order valence-electron chi connectivity index (χ1n) is 5.22. The van der Waals surface area contributed by atoms with E-state index in [-0.39, 0.29) is 0 Å². The Morgan fingerprint density at radius 1 is 1.26 bits per heavy atom. The number of aromatic nitrogens is 2. The van der Waals surface area contributed by atoms with Gasteiger partial charge in [-0.1, -0.05) is 0 Å². The minimum Gasteiger partial charge on any atom is -0.497 e. The molecule has 0 saturated carbocycles. The number of benzene rings is 1. The van der Waals surface area contributed by atoms with Crippen molar-refractivity contribution >= 4 is 33.3 Å². The number of nitrogens with one attached hydrogen (secondary N) is 2. The van der Waals surface area contributed by atoms with Gasteiger partial charge in [-0.05, 0) is 22.0 Å². The van der Waals surface area contributed by atoms with E-state index in [1.165, 1.54) is 25.6 Å². The summed E-state index contributed by atoms with van der Waals surface area (Å²) in [5, 5.41) is 2.95. The zero-order valence-electron chi connectivity index (χ0n) is 9.95. The van der Waals surface area contributed by atoms with Crippen molar-refractivity contribution < 1.29 is 9.13 Å². The highest BCUT2D eigenvalue weighted by Crippen LogP contribution is 2.29. The van der Waals surface area contributed by atoms with Crippen LogP contribution in [0.1, 0.15) is 0 Å². The molecular formula is C11H11BrFN5O. The van der Waals surface area contributed by atoms with Crippen LogP contribution in [0.5, 0.6) is 5.75 Å². The molecule has 0 amide bonds. The predicted octanol–water partition coefficient (Wildman–Crippen LogP) is 2.42. The molecule has 6 nitrogen and oxygen atoms in total. The lowest BCUT2D eigenvalue weighted by molar-refractivity contribution is 0.411. The van der Waals surface area contributed by atoms with Gasteiger partial charge in [0.1, 0.15) is 28.2 Å². The number of hydrogen-bond donors (Lipinski definition) is 3. The van der Waals surface area contributed by atoms with Crippen LogP contribution in [0, 0.1) is 5.82 Å². The third kappa shape index (κ3) is 3.09. The minimum absolute atomic E-state index is 0.407. The zero-order chi connectivity index (χ0) is 13.8. The van der Waals surface area contributed by atoms with Crippen molar-refractivity contribution in [2.45, 2.75) is 0 Å². The first-order valence-corrected chi connectivity index (χ1v) is 6.02. The molecule has 0 fully saturated rings. The van der Waals surface area contributed by atoms with Crippen molar-refractivity contribution in [3.05, 3.63) is 34.8 Å². The summed E-state index contributed by atoms with van der Waals surface area (Å²) in [6.07, 6.45) is 1.33. The number of halogens is 2. The third-order valence-corrected chi connectivity index (χ3v) is 3.05. The molecule has 8 heteroatoms. The molecule has 0 spiro atoms. The molecule has 1 aromatic carbocycles. The number of rotatable bonds is 4. The number of methoxy groups -OCH3 is 1. The van der Waals surface area contributed by atoms with Crippen LogP contribution < -0.4 is 21.3 Å². The van der Waals surface area contributed by atoms with Gasteiger partial charge in [-0.25, -0.2) is 20.2 Å². The average Bonchev–Trinajstić information content (AvgIpc) is 2.40. The smallest absolute Gasteiger partial charge is 0.159 e. The van der Waals surface area contributed by atoms with Crippen LogP contribution in [0.3, 0.4) is 0 Å². The van der Waals surface area contributed by atoms with Crippen LogP contribution >= 0.6 is 15.9 Å². The summed E-state index contributed by atoms with van der Waals surface area (Å²) < 4.78 is 18.9. The van der Waals surface area contributed by atoms with Gasteiger partial charge in [0.25, 0.3) is 0 Å². The lowest BCUT2D eigenvalue weighted by atomic mass is 10.3. The van der Waals surface area contributed by atoms with Gasteiger partial charge in [0.2, 0.25) is 0 Å². The SMILES string of the molecule is COc1cc(F)cc(Nc2ncnc(NN)c2Br)c1. The predicted molar refractivity (Wildman–Crippen MR) is 73.8 cm³/mol. The van der Waals surface area contributed by atoms with E-state index in [1.54, 1.807) is 6.07 Å². The quantitative estimate of drug-likeness (QED) is 0.590. The average molecular weight is 328 g/mol. The summed E-state index contributed by atoms with van der Waals surface area (Å²) in [5.74, 6) is 6.17. The fourth-order valence-electron chi connectivity index (χ4n) is 1.45. The van der Waals surface area contributed by atoms with E-state index >= 15 is 0 Å². The monoisotopic (exact) mass is 327 g/mol. The first kappa shape index (κ1) is 13.5. The summed E-state index contributed by atoms with van der Waals surface area (Å²) in [5.41, 5.74) is 2.92. The standard InChI is InChI=1S/C11H11BrFN5O/c1-19-8-3-6(13)2-7(4-8)17-10-9(12)11(18-14)16-5-15-10/h2-5H,14H2,1H3,(H2,15,16,17,18). The van der Waals surface area contributed by atoms with Crippen molar-refractivity contribution in [2.75, 3.05) is 17.9 Å². The molecule has 2 aromatic rings. The highest BCUT2D eigenvalue weighted by atomic mass is 79.9. The second kappa shape index (κ2) is 5.81. The Hall–Kier alpha value is -1.93. The van der Waals surface area contributed by atoms with E-state index < -0.39 is 5.82 Å².